The van der Waals surface area contributed by atoms with Crippen molar-refractivity contribution in [2.75, 3.05) is 70.5 Å². The molecule has 0 saturated carbocycles. The fourth-order valence-electron chi connectivity index (χ4n) is 4.97. The average Bonchev–Trinajstić information content (AvgIpc) is 3.52. The van der Waals surface area contributed by atoms with Gasteiger partial charge in [0, 0.05) is 64.5 Å². The van der Waals surface area contributed by atoms with Crippen molar-refractivity contribution in [1.82, 2.24) is 15.0 Å². The first-order chi connectivity index (χ1) is 16.7. The number of morpholine rings is 1. The van der Waals surface area contributed by atoms with Gasteiger partial charge in [-0.1, -0.05) is 35.5 Å². The van der Waals surface area contributed by atoms with Crippen LogP contribution in [-0.4, -0.2) is 97.9 Å². The van der Waals surface area contributed by atoms with E-state index in [1.54, 1.807) is 0 Å². The molecule has 0 bridgehead atoms. The highest BCUT2D eigenvalue weighted by molar-refractivity contribution is 5.68. The molecule has 8 heteroatoms. The molecule has 1 aromatic heterocycles. The van der Waals surface area contributed by atoms with Crippen LogP contribution in [0.25, 0.3) is 11.3 Å². The number of rotatable bonds is 12. The van der Waals surface area contributed by atoms with Crippen molar-refractivity contribution in [1.29, 1.82) is 0 Å². The Morgan fingerprint density at radius 3 is 2.56 bits per heavy atom. The lowest BCUT2D eigenvalue weighted by Crippen LogP contribution is -2.45. The fraction of sp³-hybridized carbons (Fsp3) is 0.654. The summed E-state index contributed by atoms with van der Waals surface area (Å²) in [7, 11) is 0. The largest absolute Gasteiger partial charge is 0.390 e. The Bertz CT molecular complexity index is 846. The molecule has 0 radical (unpaired) electrons. The minimum atomic E-state index is -0.448. The van der Waals surface area contributed by atoms with E-state index in [0.29, 0.717) is 19.6 Å². The third kappa shape index (κ3) is 6.58. The van der Waals surface area contributed by atoms with Crippen molar-refractivity contribution in [3.05, 3.63) is 35.9 Å². The summed E-state index contributed by atoms with van der Waals surface area (Å²) in [6.07, 6.45) is 1.92. The van der Waals surface area contributed by atoms with E-state index in [2.05, 4.69) is 45.8 Å². The van der Waals surface area contributed by atoms with Crippen molar-refractivity contribution in [3.63, 3.8) is 0 Å². The number of aromatic nitrogens is 1. The van der Waals surface area contributed by atoms with Crippen LogP contribution in [0.2, 0.25) is 0 Å². The number of ether oxygens (including phenoxy) is 2. The molecule has 2 aliphatic rings. The van der Waals surface area contributed by atoms with Gasteiger partial charge in [-0.05, 0) is 26.7 Å². The second-order valence-corrected chi connectivity index (χ2v) is 9.25. The summed E-state index contributed by atoms with van der Waals surface area (Å²) >= 11 is 0. The van der Waals surface area contributed by atoms with Crippen LogP contribution >= 0.6 is 0 Å². The highest BCUT2D eigenvalue weighted by Gasteiger charge is 2.27. The summed E-state index contributed by atoms with van der Waals surface area (Å²) in [6, 6.07) is 10.2. The van der Waals surface area contributed by atoms with E-state index >= 15 is 0 Å². The standard InChI is InChI=1S/C26H40N4O4/c1-3-30(4-2)26-24(25(27-34-26)21-9-6-5-7-10-21)20-29(19-23-11-8-14-33-23)18-22(31)17-28-12-15-32-16-13-28/h5-7,9-10,22-23,31H,3-4,8,11-20H2,1-2H3/t22-,23+/m0/s1. The Hall–Kier alpha value is -1.97. The monoisotopic (exact) mass is 472 g/mol. The Kier molecular flexibility index (Phi) is 9.35. The van der Waals surface area contributed by atoms with Crippen LogP contribution in [0.1, 0.15) is 32.3 Å². The second kappa shape index (κ2) is 12.7. The predicted molar refractivity (Wildman–Crippen MR) is 133 cm³/mol. The lowest BCUT2D eigenvalue weighted by molar-refractivity contribution is -0.0000923. The summed E-state index contributed by atoms with van der Waals surface area (Å²) < 4.78 is 17.4. The van der Waals surface area contributed by atoms with Gasteiger partial charge >= 0.3 is 0 Å². The first-order valence-corrected chi connectivity index (χ1v) is 12.8. The molecule has 1 aromatic carbocycles. The molecule has 34 heavy (non-hydrogen) atoms. The lowest BCUT2D eigenvalue weighted by atomic mass is 10.1. The van der Waals surface area contributed by atoms with Gasteiger partial charge in [0.2, 0.25) is 5.88 Å². The van der Waals surface area contributed by atoms with E-state index in [9.17, 15) is 5.11 Å². The number of anilines is 1. The van der Waals surface area contributed by atoms with Crippen molar-refractivity contribution < 1.29 is 19.1 Å². The molecular weight excluding hydrogens is 432 g/mol. The Morgan fingerprint density at radius 1 is 1.12 bits per heavy atom. The highest BCUT2D eigenvalue weighted by Crippen LogP contribution is 2.33. The van der Waals surface area contributed by atoms with Crippen LogP contribution in [-0.2, 0) is 16.0 Å². The zero-order valence-electron chi connectivity index (χ0n) is 20.7. The lowest BCUT2D eigenvalue weighted by Gasteiger charge is -2.32. The van der Waals surface area contributed by atoms with Crippen LogP contribution in [0.3, 0.4) is 0 Å². The van der Waals surface area contributed by atoms with E-state index in [0.717, 1.165) is 88.1 Å². The number of nitrogens with zero attached hydrogens (tertiary/aromatic N) is 4. The maximum Gasteiger partial charge on any atom is 0.232 e. The number of benzene rings is 1. The molecule has 188 valence electrons. The minimum Gasteiger partial charge on any atom is -0.390 e. The summed E-state index contributed by atoms with van der Waals surface area (Å²) in [6.45, 7) is 12.7. The molecule has 2 aromatic rings. The molecule has 2 saturated heterocycles. The van der Waals surface area contributed by atoms with Crippen LogP contribution in [0.15, 0.2) is 34.9 Å². The van der Waals surface area contributed by atoms with Crippen molar-refractivity contribution in [3.8, 4) is 11.3 Å². The quantitative estimate of drug-likeness (QED) is 0.506. The van der Waals surface area contributed by atoms with Crippen molar-refractivity contribution in [2.45, 2.75) is 45.4 Å². The zero-order valence-corrected chi connectivity index (χ0v) is 20.7. The molecule has 3 heterocycles. The Balaban J connectivity index is 1.56. The van der Waals surface area contributed by atoms with Crippen LogP contribution in [0.4, 0.5) is 5.88 Å². The molecule has 0 aliphatic carbocycles. The summed E-state index contributed by atoms with van der Waals surface area (Å²) in [5, 5.41) is 15.5. The molecule has 1 N–H and O–H groups in total. The number of aliphatic hydroxyl groups excluding tert-OH is 1. The molecule has 2 fully saturated rings. The average molecular weight is 473 g/mol. The molecule has 0 spiro atoms. The van der Waals surface area contributed by atoms with Gasteiger partial charge < -0.3 is 24.0 Å². The Labute approximate surface area is 203 Å². The molecule has 2 aliphatic heterocycles. The summed E-state index contributed by atoms with van der Waals surface area (Å²) in [4.78, 5) is 6.82. The molecular formula is C26H40N4O4. The molecule has 0 amide bonds. The topological polar surface area (TPSA) is 74.4 Å². The SMILES string of the molecule is CCN(CC)c1onc(-c2ccccc2)c1CN(C[C@@H](O)CN1CCOCC1)C[C@H]1CCCO1. The summed E-state index contributed by atoms with van der Waals surface area (Å²) in [5.74, 6) is 0.823. The van der Waals surface area contributed by atoms with E-state index in [1.807, 2.05) is 18.2 Å². The van der Waals surface area contributed by atoms with Crippen molar-refractivity contribution in [2.24, 2.45) is 0 Å². The van der Waals surface area contributed by atoms with E-state index in [-0.39, 0.29) is 6.10 Å². The maximum atomic E-state index is 11.0. The molecule has 0 unspecified atom stereocenters. The number of β-amino-alcohol motifs (C(OH)–C–C–N with tert-alkyl or cyclic N) is 1. The van der Waals surface area contributed by atoms with Gasteiger partial charge in [-0.15, -0.1) is 0 Å². The number of aliphatic hydroxyl groups is 1. The highest BCUT2D eigenvalue weighted by atomic mass is 16.5. The zero-order chi connectivity index (χ0) is 23.8. The normalized spacial score (nSPS) is 20.2. The smallest absolute Gasteiger partial charge is 0.232 e. The van der Waals surface area contributed by atoms with Gasteiger partial charge in [-0.2, -0.15) is 0 Å². The van der Waals surface area contributed by atoms with Crippen molar-refractivity contribution >= 4 is 5.88 Å². The summed E-state index contributed by atoms with van der Waals surface area (Å²) in [5.41, 5.74) is 3.00. The van der Waals surface area contributed by atoms with Crippen LogP contribution in [0, 0.1) is 0 Å². The fourth-order valence-corrected chi connectivity index (χ4v) is 4.97. The van der Waals surface area contributed by atoms with Gasteiger partial charge in [0.25, 0.3) is 0 Å². The number of hydrogen-bond acceptors (Lipinski definition) is 8. The van der Waals surface area contributed by atoms with E-state index in [4.69, 9.17) is 14.0 Å². The van der Waals surface area contributed by atoms with Gasteiger partial charge in [-0.3, -0.25) is 9.80 Å². The first kappa shape index (κ1) is 25.1. The van der Waals surface area contributed by atoms with Gasteiger partial charge in [0.05, 0.1) is 31.0 Å². The Morgan fingerprint density at radius 2 is 1.88 bits per heavy atom. The van der Waals surface area contributed by atoms with Crippen LogP contribution < -0.4 is 4.90 Å². The third-order valence-electron chi connectivity index (χ3n) is 6.77. The van der Waals surface area contributed by atoms with Gasteiger partial charge in [0.1, 0.15) is 5.69 Å². The molecule has 4 rings (SSSR count). The number of hydrogen-bond donors (Lipinski definition) is 1. The predicted octanol–water partition coefficient (Wildman–Crippen LogP) is 2.86. The van der Waals surface area contributed by atoms with E-state index < -0.39 is 6.10 Å². The maximum absolute atomic E-state index is 11.0. The van der Waals surface area contributed by atoms with Gasteiger partial charge in [0.15, 0.2) is 0 Å². The second-order valence-electron chi connectivity index (χ2n) is 9.25. The third-order valence-corrected chi connectivity index (χ3v) is 6.77. The van der Waals surface area contributed by atoms with E-state index in [1.165, 1.54) is 0 Å². The molecule has 8 nitrogen and oxygen atoms in total. The van der Waals surface area contributed by atoms with Gasteiger partial charge in [-0.25, -0.2) is 0 Å². The molecule has 2 atom stereocenters. The van der Waals surface area contributed by atoms with Crippen LogP contribution in [0.5, 0.6) is 0 Å². The minimum absolute atomic E-state index is 0.201. The first-order valence-electron chi connectivity index (χ1n) is 12.8.